The molecule has 0 spiro atoms. The zero-order valence-corrected chi connectivity index (χ0v) is 8.36. The zero-order chi connectivity index (χ0) is 11.5. The van der Waals surface area contributed by atoms with Gasteiger partial charge in [0.15, 0.2) is 0 Å². The molecule has 0 N–H and O–H groups in total. The molecule has 5 heteroatoms. The van der Waals surface area contributed by atoms with E-state index in [9.17, 15) is 13.2 Å². The van der Waals surface area contributed by atoms with Crippen LogP contribution in [0.4, 0.5) is 13.2 Å². The Morgan fingerprint density at radius 1 is 1.40 bits per heavy atom. The third kappa shape index (κ3) is 2.87. The van der Waals surface area contributed by atoms with E-state index in [1.165, 1.54) is 0 Å². The van der Waals surface area contributed by atoms with Gasteiger partial charge in [-0.1, -0.05) is 17.7 Å². The summed E-state index contributed by atoms with van der Waals surface area (Å²) in [7, 11) is 0. The standard InChI is InChI=1S/C10H7ClF3N/c11-8-6-7(2-3-9(8)12)10(13,14)4-1-5-15/h2-3,6H,1,4H2. The highest BCUT2D eigenvalue weighted by Crippen LogP contribution is 2.34. The molecule has 0 atom stereocenters. The Hall–Kier alpha value is -1.21. The van der Waals surface area contributed by atoms with Crippen LogP contribution < -0.4 is 0 Å². The predicted octanol–water partition coefficient (Wildman–Crippen LogP) is 3.87. The Balaban J connectivity index is 2.95. The van der Waals surface area contributed by atoms with E-state index in [-0.39, 0.29) is 17.0 Å². The number of nitrogens with zero attached hydrogens (tertiary/aromatic N) is 1. The quantitative estimate of drug-likeness (QED) is 0.777. The predicted molar refractivity (Wildman–Crippen MR) is 50.2 cm³/mol. The van der Waals surface area contributed by atoms with Crippen molar-refractivity contribution < 1.29 is 13.2 Å². The van der Waals surface area contributed by atoms with Gasteiger partial charge in [0.25, 0.3) is 5.92 Å². The van der Waals surface area contributed by atoms with Crippen LogP contribution in [0, 0.1) is 17.1 Å². The molecule has 0 amide bonds. The molecule has 0 radical (unpaired) electrons. The average Bonchev–Trinajstić information content (AvgIpc) is 2.19. The lowest BCUT2D eigenvalue weighted by Gasteiger charge is -2.15. The molecule has 0 aliphatic carbocycles. The third-order valence-electron chi connectivity index (χ3n) is 1.89. The summed E-state index contributed by atoms with van der Waals surface area (Å²) in [5.41, 5.74) is -0.371. The topological polar surface area (TPSA) is 23.8 Å². The number of rotatable bonds is 3. The van der Waals surface area contributed by atoms with Gasteiger partial charge in [-0.2, -0.15) is 5.26 Å². The second-order valence-electron chi connectivity index (χ2n) is 2.99. The van der Waals surface area contributed by atoms with E-state index in [0.29, 0.717) is 0 Å². The first-order valence-electron chi connectivity index (χ1n) is 4.17. The van der Waals surface area contributed by atoms with Crippen LogP contribution in [0.25, 0.3) is 0 Å². The molecule has 1 rings (SSSR count). The van der Waals surface area contributed by atoms with Crippen LogP contribution >= 0.6 is 11.6 Å². The first kappa shape index (κ1) is 11.9. The van der Waals surface area contributed by atoms with Gasteiger partial charge in [-0.05, 0) is 12.1 Å². The lowest BCUT2D eigenvalue weighted by atomic mass is 10.0. The van der Waals surface area contributed by atoms with Crippen molar-refractivity contribution in [3.8, 4) is 6.07 Å². The molecular formula is C10H7ClF3N. The van der Waals surface area contributed by atoms with Crippen molar-refractivity contribution in [3.05, 3.63) is 34.6 Å². The normalized spacial score (nSPS) is 11.1. The molecule has 0 aliphatic heterocycles. The minimum atomic E-state index is -3.15. The van der Waals surface area contributed by atoms with Gasteiger partial charge in [-0.15, -0.1) is 0 Å². The summed E-state index contributed by atoms with van der Waals surface area (Å²) in [6.07, 6.45) is -0.854. The molecule has 0 aliphatic rings. The van der Waals surface area contributed by atoms with Crippen molar-refractivity contribution in [1.29, 1.82) is 5.26 Å². The maximum absolute atomic E-state index is 13.3. The number of hydrogen-bond acceptors (Lipinski definition) is 1. The summed E-state index contributed by atoms with van der Waals surface area (Å²) in [6.45, 7) is 0. The number of alkyl halides is 2. The van der Waals surface area contributed by atoms with E-state index in [1.54, 1.807) is 6.07 Å². The zero-order valence-electron chi connectivity index (χ0n) is 7.61. The molecule has 80 valence electrons. The SMILES string of the molecule is N#CCCC(F)(F)c1ccc(F)c(Cl)c1. The highest BCUT2D eigenvalue weighted by molar-refractivity contribution is 6.30. The lowest BCUT2D eigenvalue weighted by Crippen LogP contribution is -2.13. The average molecular weight is 234 g/mol. The molecule has 1 aromatic rings. The minimum absolute atomic E-state index is 0.262. The van der Waals surface area contributed by atoms with Crippen LogP contribution in [0.3, 0.4) is 0 Å². The second kappa shape index (κ2) is 4.54. The first-order chi connectivity index (χ1) is 6.97. The summed E-state index contributed by atoms with van der Waals surface area (Å²) < 4.78 is 39.4. The van der Waals surface area contributed by atoms with E-state index in [1.807, 2.05) is 0 Å². The van der Waals surface area contributed by atoms with Crippen LogP contribution in [0.1, 0.15) is 18.4 Å². The van der Waals surface area contributed by atoms with Crippen molar-refractivity contribution in [2.45, 2.75) is 18.8 Å². The van der Waals surface area contributed by atoms with Gasteiger partial charge in [0.1, 0.15) is 5.82 Å². The lowest BCUT2D eigenvalue weighted by molar-refractivity contribution is -0.0120. The number of benzene rings is 1. The highest BCUT2D eigenvalue weighted by atomic mass is 35.5. The molecule has 0 saturated carbocycles. The summed E-state index contributed by atoms with van der Waals surface area (Å²) in [5.74, 6) is -3.89. The van der Waals surface area contributed by atoms with Crippen molar-refractivity contribution >= 4 is 11.6 Å². The molecule has 0 unspecified atom stereocenters. The Morgan fingerprint density at radius 3 is 2.60 bits per heavy atom. The number of halogens is 4. The molecule has 0 fully saturated rings. The van der Waals surface area contributed by atoms with E-state index >= 15 is 0 Å². The van der Waals surface area contributed by atoms with Gasteiger partial charge in [0.05, 0.1) is 11.1 Å². The van der Waals surface area contributed by atoms with Gasteiger partial charge >= 0.3 is 0 Å². The van der Waals surface area contributed by atoms with Gasteiger partial charge in [0.2, 0.25) is 0 Å². The molecular weight excluding hydrogens is 227 g/mol. The van der Waals surface area contributed by atoms with Crippen LogP contribution in [-0.2, 0) is 5.92 Å². The first-order valence-corrected chi connectivity index (χ1v) is 4.55. The largest absolute Gasteiger partial charge is 0.274 e. The molecule has 0 heterocycles. The van der Waals surface area contributed by atoms with Gasteiger partial charge in [-0.3, -0.25) is 0 Å². The molecule has 15 heavy (non-hydrogen) atoms. The highest BCUT2D eigenvalue weighted by Gasteiger charge is 2.31. The fourth-order valence-electron chi connectivity index (χ4n) is 1.08. The van der Waals surface area contributed by atoms with Crippen LogP contribution in [0.15, 0.2) is 18.2 Å². The fraction of sp³-hybridized carbons (Fsp3) is 0.300. The van der Waals surface area contributed by atoms with E-state index < -0.39 is 18.2 Å². The summed E-state index contributed by atoms with van der Waals surface area (Å²) >= 11 is 5.38. The number of hydrogen-bond donors (Lipinski definition) is 0. The maximum Gasteiger partial charge on any atom is 0.274 e. The minimum Gasteiger partial charge on any atom is -0.205 e. The third-order valence-corrected chi connectivity index (χ3v) is 2.18. The number of nitriles is 1. The maximum atomic E-state index is 13.3. The van der Waals surface area contributed by atoms with Gasteiger partial charge in [-0.25, -0.2) is 13.2 Å². The van der Waals surface area contributed by atoms with Crippen LogP contribution in [-0.4, -0.2) is 0 Å². The molecule has 1 aromatic carbocycles. The van der Waals surface area contributed by atoms with E-state index in [2.05, 4.69) is 0 Å². The van der Waals surface area contributed by atoms with E-state index in [0.717, 1.165) is 18.2 Å². The Morgan fingerprint density at radius 2 is 2.07 bits per heavy atom. The van der Waals surface area contributed by atoms with Crippen molar-refractivity contribution in [3.63, 3.8) is 0 Å². The van der Waals surface area contributed by atoms with Crippen LogP contribution in [0.2, 0.25) is 5.02 Å². The summed E-state index contributed by atoms with van der Waals surface area (Å²) in [5, 5.41) is 7.86. The molecule has 1 nitrogen and oxygen atoms in total. The van der Waals surface area contributed by atoms with Crippen molar-refractivity contribution in [2.75, 3.05) is 0 Å². The van der Waals surface area contributed by atoms with Crippen LogP contribution in [0.5, 0.6) is 0 Å². The van der Waals surface area contributed by atoms with E-state index in [4.69, 9.17) is 16.9 Å². The Labute approximate surface area is 90.1 Å². The molecule has 0 bridgehead atoms. The molecule has 0 saturated heterocycles. The van der Waals surface area contributed by atoms with Gasteiger partial charge in [0, 0.05) is 18.4 Å². The Kier molecular flexibility index (Phi) is 3.59. The summed E-state index contributed by atoms with van der Waals surface area (Å²) in [6, 6.07) is 4.37. The monoisotopic (exact) mass is 233 g/mol. The second-order valence-corrected chi connectivity index (χ2v) is 3.40. The Bertz CT molecular complexity index is 398. The molecule has 0 aromatic heterocycles. The van der Waals surface area contributed by atoms with Gasteiger partial charge < -0.3 is 0 Å². The van der Waals surface area contributed by atoms with Crippen molar-refractivity contribution in [1.82, 2.24) is 0 Å². The van der Waals surface area contributed by atoms with Crippen molar-refractivity contribution in [2.24, 2.45) is 0 Å². The smallest absolute Gasteiger partial charge is 0.205 e. The summed E-state index contributed by atoms with van der Waals surface area (Å²) in [4.78, 5) is 0. The fourth-order valence-corrected chi connectivity index (χ4v) is 1.26.